The zero-order valence-corrected chi connectivity index (χ0v) is 27.3. The molecule has 0 aliphatic carbocycles. The van der Waals surface area contributed by atoms with Crippen LogP contribution >= 0.6 is 11.3 Å². The van der Waals surface area contributed by atoms with Crippen molar-refractivity contribution in [1.29, 1.82) is 0 Å². The fourth-order valence-corrected chi connectivity index (χ4v) is 5.83. The largest absolute Gasteiger partial charge is 0.444 e. The van der Waals surface area contributed by atoms with Gasteiger partial charge in [-0.05, 0) is 71.4 Å². The Morgan fingerprint density at radius 2 is 1.51 bits per heavy atom. The maximum Gasteiger partial charge on any atom is 0.412 e. The van der Waals surface area contributed by atoms with Crippen LogP contribution in [0.5, 0.6) is 0 Å². The first kappa shape index (κ1) is 31.8. The van der Waals surface area contributed by atoms with Crippen molar-refractivity contribution < 1.29 is 23.9 Å². The second kappa shape index (κ2) is 12.8. The van der Waals surface area contributed by atoms with Crippen molar-refractivity contribution in [3.05, 3.63) is 72.4 Å². The highest BCUT2D eigenvalue weighted by Crippen LogP contribution is 2.39. The number of benzene rings is 2. The van der Waals surface area contributed by atoms with Gasteiger partial charge in [-0.25, -0.2) is 9.59 Å². The molecule has 45 heavy (non-hydrogen) atoms. The molecule has 0 bridgehead atoms. The summed E-state index contributed by atoms with van der Waals surface area (Å²) in [5.41, 5.74) is 2.36. The van der Waals surface area contributed by atoms with Crippen LogP contribution in [0.4, 0.5) is 26.0 Å². The second-order valence-electron chi connectivity index (χ2n) is 12.9. The Morgan fingerprint density at radius 1 is 0.822 bits per heavy atom. The number of anilines is 3. The molecule has 1 fully saturated rings. The van der Waals surface area contributed by atoms with Crippen LogP contribution in [0, 0.1) is 0 Å². The third-order valence-corrected chi connectivity index (χ3v) is 7.98. The van der Waals surface area contributed by atoms with E-state index in [1.807, 2.05) is 75.4 Å². The van der Waals surface area contributed by atoms with Crippen LogP contribution in [0.3, 0.4) is 0 Å². The third-order valence-electron chi connectivity index (χ3n) is 6.88. The van der Waals surface area contributed by atoms with E-state index in [4.69, 9.17) is 9.47 Å². The van der Waals surface area contributed by atoms with Gasteiger partial charge < -0.3 is 24.6 Å². The van der Waals surface area contributed by atoms with Crippen LogP contribution in [0.1, 0.15) is 51.9 Å². The number of ether oxygens (including phenoxy) is 2. The zero-order chi connectivity index (χ0) is 32.4. The van der Waals surface area contributed by atoms with Gasteiger partial charge in [0.25, 0.3) is 5.91 Å². The molecule has 5 rings (SSSR count). The summed E-state index contributed by atoms with van der Waals surface area (Å²) in [6, 6.07) is 19.3. The number of pyridine rings is 1. The third kappa shape index (κ3) is 8.30. The summed E-state index contributed by atoms with van der Waals surface area (Å²) in [4.78, 5) is 47.9. The number of fused-ring (bicyclic) bond motifs is 1. The van der Waals surface area contributed by atoms with Gasteiger partial charge in [-0.1, -0.05) is 36.4 Å². The molecule has 4 aromatic rings. The van der Waals surface area contributed by atoms with Gasteiger partial charge in [0, 0.05) is 48.3 Å². The number of hydrogen-bond donors (Lipinski definition) is 2. The normalized spacial score (nSPS) is 13.8. The highest BCUT2D eigenvalue weighted by Gasteiger charge is 2.26. The van der Waals surface area contributed by atoms with Gasteiger partial charge >= 0.3 is 12.2 Å². The van der Waals surface area contributed by atoms with Crippen LogP contribution in [-0.2, 0) is 9.47 Å². The Kier molecular flexibility index (Phi) is 9.01. The van der Waals surface area contributed by atoms with Crippen LogP contribution in [-0.4, -0.2) is 65.4 Å². The molecule has 0 spiro atoms. The average molecular weight is 630 g/mol. The Morgan fingerprint density at radius 3 is 2.18 bits per heavy atom. The monoisotopic (exact) mass is 629 g/mol. The molecule has 0 saturated carbocycles. The van der Waals surface area contributed by atoms with Gasteiger partial charge in [-0.15, -0.1) is 11.3 Å². The number of hydrogen-bond acceptors (Lipinski definition) is 8. The first-order chi connectivity index (χ1) is 21.2. The molecule has 236 valence electrons. The summed E-state index contributed by atoms with van der Waals surface area (Å²) < 4.78 is 10.9. The minimum Gasteiger partial charge on any atom is -0.444 e. The molecule has 3 heterocycles. The van der Waals surface area contributed by atoms with Crippen molar-refractivity contribution in [3.63, 3.8) is 0 Å². The molecule has 0 radical (unpaired) electrons. The highest BCUT2D eigenvalue weighted by molar-refractivity contribution is 7.20. The Hall–Kier alpha value is -4.64. The van der Waals surface area contributed by atoms with Crippen molar-refractivity contribution in [3.8, 4) is 10.4 Å². The van der Waals surface area contributed by atoms with Crippen molar-refractivity contribution in [2.24, 2.45) is 0 Å². The van der Waals surface area contributed by atoms with Gasteiger partial charge in [-0.2, -0.15) is 0 Å². The van der Waals surface area contributed by atoms with E-state index in [9.17, 15) is 14.4 Å². The van der Waals surface area contributed by atoms with E-state index >= 15 is 0 Å². The van der Waals surface area contributed by atoms with Crippen molar-refractivity contribution in [2.45, 2.75) is 52.7 Å². The van der Waals surface area contributed by atoms with Crippen molar-refractivity contribution in [2.75, 3.05) is 41.7 Å². The highest BCUT2D eigenvalue weighted by atomic mass is 32.1. The van der Waals surface area contributed by atoms with Gasteiger partial charge in [0.1, 0.15) is 16.2 Å². The van der Waals surface area contributed by atoms with E-state index in [2.05, 4.69) is 20.5 Å². The maximum absolute atomic E-state index is 13.4. The molecule has 10 nitrogen and oxygen atoms in total. The van der Waals surface area contributed by atoms with Crippen molar-refractivity contribution >= 4 is 56.7 Å². The van der Waals surface area contributed by atoms with Crippen LogP contribution in [0.25, 0.3) is 21.3 Å². The van der Waals surface area contributed by atoms with Crippen molar-refractivity contribution in [1.82, 2.24) is 9.88 Å². The van der Waals surface area contributed by atoms with Gasteiger partial charge in [-0.3, -0.25) is 15.1 Å². The minimum atomic E-state index is -0.670. The Labute approximate surface area is 267 Å². The molecule has 0 atom stereocenters. The molecule has 11 heteroatoms. The number of nitrogens with one attached hydrogen (secondary N) is 2. The lowest BCUT2D eigenvalue weighted by Gasteiger charge is -2.36. The maximum atomic E-state index is 13.4. The smallest absolute Gasteiger partial charge is 0.412 e. The lowest BCUT2D eigenvalue weighted by molar-refractivity contribution is 0.0240. The Balaban J connectivity index is 1.29. The van der Waals surface area contributed by atoms with Gasteiger partial charge in [0.2, 0.25) is 0 Å². The van der Waals surface area contributed by atoms with Gasteiger partial charge in [0.15, 0.2) is 0 Å². The molecule has 0 unspecified atom stereocenters. The lowest BCUT2D eigenvalue weighted by Crippen LogP contribution is -2.50. The quantitative estimate of drug-likeness (QED) is 0.234. The van der Waals surface area contributed by atoms with Crippen LogP contribution < -0.4 is 15.5 Å². The van der Waals surface area contributed by atoms with Gasteiger partial charge in [0.05, 0.1) is 16.8 Å². The number of amides is 3. The summed E-state index contributed by atoms with van der Waals surface area (Å²) in [6.07, 6.45) is 0.652. The summed E-state index contributed by atoms with van der Waals surface area (Å²) in [7, 11) is 0. The van der Waals surface area contributed by atoms with E-state index in [1.54, 1.807) is 37.9 Å². The minimum absolute atomic E-state index is 0.292. The fourth-order valence-electron chi connectivity index (χ4n) is 4.81. The number of rotatable bonds is 5. The molecule has 1 aliphatic rings. The Bertz CT molecular complexity index is 1700. The lowest BCUT2D eigenvalue weighted by atomic mass is 10.1. The standard InChI is InChI=1S/C34H39N5O5S/c1-33(2,3)43-31(41)36-27-20-28(22-10-8-7-9-11-22)45-30(27)37-29(40)24-18-23-12-13-25(19-26(23)35-21-24)38-14-16-39(17-15-38)32(42)44-34(4,5)6/h7-13,18-21H,14-17H2,1-6H3,(H,36,41)(H,37,40). The molecular formula is C34H39N5O5S. The number of thiophene rings is 1. The molecular weight excluding hydrogens is 590 g/mol. The fraction of sp³-hybridized carbons (Fsp3) is 0.353. The second-order valence-corrected chi connectivity index (χ2v) is 13.9. The average Bonchev–Trinajstić information content (AvgIpc) is 3.36. The molecule has 1 aliphatic heterocycles. The SMILES string of the molecule is CC(C)(C)OC(=O)Nc1cc(-c2ccccc2)sc1NC(=O)c1cnc2cc(N3CCN(C(=O)OC(C)(C)C)CC3)ccc2c1. The number of nitrogens with zero attached hydrogens (tertiary/aromatic N) is 3. The summed E-state index contributed by atoms with van der Waals surface area (Å²) >= 11 is 1.36. The number of piperazine rings is 1. The van der Waals surface area contributed by atoms with E-state index in [1.165, 1.54) is 11.3 Å². The topological polar surface area (TPSA) is 113 Å². The molecule has 2 N–H and O–H groups in total. The molecule has 2 aromatic heterocycles. The summed E-state index contributed by atoms with van der Waals surface area (Å²) in [5, 5.41) is 7.06. The summed E-state index contributed by atoms with van der Waals surface area (Å²) in [6.45, 7) is 13.5. The van der Waals surface area contributed by atoms with E-state index in [0.717, 1.165) is 27.0 Å². The molecule has 2 aromatic carbocycles. The predicted octanol–water partition coefficient (Wildman–Crippen LogP) is 7.62. The van der Waals surface area contributed by atoms with E-state index < -0.39 is 17.3 Å². The predicted molar refractivity (Wildman–Crippen MR) is 179 cm³/mol. The number of carbonyl (C=O) groups excluding carboxylic acids is 3. The first-order valence-electron chi connectivity index (χ1n) is 14.9. The molecule has 3 amide bonds. The number of aromatic nitrogens is 1. The molecule has 1 saturated heterocycles. The number of carbonyl (C=O) groups is 3. The van der Waals surface area contributed by atoms with E-state index in [-0.39, 0.29) is 12.0 Å². The van der Waals surface area contributed by atoms with Crippen LogP contribution in [0.15, 0.2) is 66.9 Å². The summed E-state index contributed by atoms with van der Waals surface area (Å²) in [5.74, 6) is -0.347. The van der Waals surface area contributed by atoms with Crippen LogP contribution in [0.2, 0.25) is 0 Å². The van der Waals surface area contributed by atoms with E-state index in [0.29, 0.717) is 42.4 Å². The first-order valence-corrected chi connectivity index (χ1v) is 15.7. The zero-order valence-electron chi connectivity index (χ0n) is 26.5.